The largest absolute Gasteiger partial charge is 0.494 e. The van der Waals surface area contributed by atoms with Crippen molar-refractivity contribution in [2.75, 3.05) is 11.9 Å². The Morgan fingerprint density at radius 3 is 2.43 bits per heavy atom. The molecule has 2 rings (SSSR count). The minimum Gasteiger partial charge on any atom is -0.494 e. The van der Waals surface area contributed by atoms with Crippen LogP contribution in [0.3, 0.4) is 0 Å². The van der Waals surface area contributed by atoms with Gasteiger partial charge in [-0.1, -0.05) is 19.1 Å². The van der Waals surface area contributed by atoms with Gasteiger partial charge < -0.3 is 14.8 Å². The molecule has 23 heavy (non-hydrogen) atoms. The smallest absolute Gasteiger partial charge is 0.259 e. The molecular weight excluding hydrogens is 290 g/mol. The zero-order valence-corrected chi connectivity index (χ0v) is 13.8. The van der Waals surface area contributed by atoms with Crippen LogP contribution in [-0.2, 0) is 0 Å². The first-order valence-electron chi connectivity index (χ1n) is 7.90. The summed E-state index contributed by atoms with van der Waals surface area (Å²) in [5.41, 5.74) is 1.24. The van der Waals surface area contributed by atoms with Crippen molar-refractivity contribution in [2.24, 2.45) is 0 Å². The Bertz CT molecular complexity index is 635. The molecular formula is C19H23NO3. The van der Waals surface area contributed by atoms with Gasteiger partial charge in [0.25, 0.3) is 5.91 Å². The van der Waals surface area contributed by atoms with Gasteiger partial charge in [0.1, 0.15) is 11.5 Å². The summed E-state index contributed by atoms with van der Waals surface area (Å²) >= 11 is 0. The summed E-state index contributed by atoms with van der Waals surface area (Å²) < 4.78 is 11.2. The number of hydrogen-bond acceptors (Lipinski definition) is 3. The lowest BCUT2D eigenvalue weighted by atomic mass is 10.1. The predicted molar refractivity (Wildman–Crippen MR) is 92.4 cm³/mol. The molecule has 0 unspecified atom stereocenters. The van der Waals surface area contributed by atoms with E-state index in [4.69, 9.17) is 9.47 Å². The summed E-state index contributed by atoms with van der Waals surface area (Å²) in [5.74, 6) is 1.19. The van der Waals surface area contributed by atoms with Crippen molar-refractivity contribution in [1.82, 2.24) is 0 Å². The number of hydrogen-bond donors (Lipinski definition) is 1. The van der Waals surface area contributed by atoms with Gasteiger partial charge in [0, 0.05) is 5.69 Å². The van der Waals surface area contributed by atoms with E-state index in [2.05, 4.69) is 12.2 Å². The van der Waals surface area contributed by atoms with E-state index in [1.807, 2.05) is 50.2 Å². The third-order valence-corrected chi connectivity index (χ3v) is 3.08. The highest BCUT2D eigenvalue weighted by Crippen LogP contribution is 2.22. The molecule has 2 aromatic rings. The molecule has 0 aliphatic carbocycles. The first-order chi connectivity index (χ1) is 11.1. The van der Waals surface area contributed by atoms with Crippen LogP contribution in [0.15, 0.2) is 48.5 Å². The van der Waals surface area contributed by atoms with Crippen molar-refractivity contribution in [3.63, 3.8) is 0 Å². The Balaban J connectivity index is 2.07. The number of nitrogens with one attached hydrogen (secondary N) is 1. The second-order valence-electron chi connectivity index (χ2n) is 5.49. The number of carbonyl (C=O) groups excluding carboxylic acids is 1. The highest BCUT2D eigenvalue weighted by atomic mass is 16.5. The average molecular weight is 313 g/mol. The predicted octanol–water partition coefficient (Wildman–Crippen LogP) is 4.51. The van der Waals surface area contributed by atoms with Gasteiger partial charge in [-0.2, -0.15) is 0 Å². The van der Waals surface area contributed by atoms with Crippen LogP contribution < -0.4 is 14.8 Å². The molecule has 0 saturated heterocycles. The third kappa shape index (κ3) is 5.02. The molecule has 0 radical (unpaired) electrons. The van der Waals surface area contributed by atoms with Crippen molar-refractivity contribution in [3.05, 3.63) is 54.1 Å². The maximum absolute atomic E-state index is 12.5. The quantitative estimate of drug-likeness (QED) is 0.818. The molecule has 0 heterocycles. The summed E-state index contributed by atoms with van der Waals surface area (Å²) in [6, 6.07) is 14.6. The Morgan fingerprint density at radius 1 is 1.09 bits per heavy atom. The molecule has 0 aromatic heterocycles. The van der Waals surface area contributed by atoms with Crippen molar-refractivity contribution < 1.29 is 14.3 Å². The van der Waals surface area contributed by atoms with Gasteiger partial charge in [-0.15, -0.1) is 0 Å². The van der Waals surface area contributed by atoms with Gasteiger partial charge in [-0.25, -0.2) is 0 Å². The zero-order valence-electron chi connectivity index (χ0n) is 13.8. The number of amides is 1. The van der Waals surface area contributed by atoms with Gasteiger partial charge >= 0.3 is 0 Å². The van der Waals surface area contributed by atoms with Crippen molar-refractivity contribution in [1.29, 1.82) is 0 Å². The molecule has 0 spiro atoms. The lowest BCUT2D eigenvalue weighted by Gasteiger charge is -2.14. The van der Waals surface area contributed by atoms with Crippen LogP contribution in [0.2, 0.25) is 0 Å². The molecule has 0 aliphatic rings. The third-order valence-electron chi connectivity index (χ3n) is 3.08. The molecule has 0 aliphatic heterocycles. The highest BCUT2D eigenvalue weighted by molar-refractivity contribution is 6.06. The van der Waals surface area contributed by atoms with Gasteiger partial charge in [0.2, 0.25) is 0 Å². The van der Waals surface area contributed by atoms with E-state index >= 15 is 0 Å². The summed E-state index contributed by atoms with van der Waals surface area (Å²) in [6.45, 7) is 6.62. The van der Waals surface area contributed by atoms with E-state index in [0.29, 0.717) is 17.9 Å². The Hall–Kier alpha value is -2.49. The first kappa shape index (κ1) is 16.9. The molecule has 4 nitrogen and oxygen atoms in total. The molecule has 4 heteroatoms. The Labute approximate surface area is 137 Å². The van der Waals surface area contributed by atoms with Crippen LogP contribution >= 0.6 is 0 Å². The fourth-order valence-electron chi connectivity index (χ4n) is 2.06. The van der Waals surface area contributed by atoms with Crippen LogP contribution in [-0.4, -0.2) is 18.6 Å². The normalized spacial score (nSPS) is 10.4. The lowest BCUT2D eigenvalue weighted by molar-refractivity contribution is 0.102. The van der Waals surface area contributed by atoms with Crippen molar-refractivity contribution >= 4 is 11.6 Å². The summed E-state index contributed by atoms with van der Waals surface area (Å²) in [5, 5.41) is 2.88. The highest BCUT2D eigenvalue weighted by Gasteiger charge is 2.13. The topological polar surface area (TPSA) is 47.6 Å². The number of para-hydroxylation sites is 1. The van der Waals surface area contributed by atoms with E-state index in [1.54, 1.807) is 12.1 Å². The number of ether oxygens (including phenoxy) is 2. The van der Waals surface area contributed by atoms with Gasteiger partial charge in [-0.05, 0) is 56.7 Å². The van der Waals surface area contributed by atoms with E-state index in [9.17, 15) is 4.79 Å². The molecule has 0 atom stereocenters. The fraction of sp³-hybridized carbons (Fsp3) is 0.316. The molecule has 0 saturated carbocycles. The van der Waals surface area contributed by atoms with E-state index in [0.717, 1.165) is 17.9 Å². The number of benzene rings is 2. The molecule has 2 aromatic carbocycles. The maximum Gasteiger partial charge on any atom is 0.259 e. The molecule has 0 bridgehead atoms. The fourth-order valence-corrected chi connectivity index (χ4v) is 2.06. The van der Waals surface area contributed by atoms with Gasteiger partial charge in [-0.3, -0.25) is 4.79 Å². The monoisotopic (exact) mass is 313 g/mol. The SMILES string of the molecule is CCCOc1ccc(NC(=O)c2ccccc2OC(C)C)cc1. The average Bonchev–Trinajstić information content (AvgIpc) is 2.54. The summed E-state index contributed by atoms with van der Waals surface area (Å²) in [7, 11) is 0. The maximum atomic E-state index is 12.5. The van der Waals surface area contributed by atoms with E-state index < -0.39 is 0 Å². The molecule has 0 fully saturated rings. The van der Waals surface area contributed by atoms with Crippen LogP contribution in [0.4, 0.5) is 5.69 Å². The number of rotatable bonds is 7. The van der Waals surface area contributed by atoms with E-state index in [-0.39, 0.29) is 12.0 Å². The van der Waals surface area contributed by atoms with E-state index in [1.165, 1.54) is 0 Å². The molecule has 122 valence electrons. The Kier molecular flexibility index (Phi) is 6.03. The van der Waals surface area contributed by atoms with Crippen LogP contribution in [0.25, 0.3) is 0 Å². The number of anilines is 1. The Morgan fingerprint density at radius 2 is 1.78 bits per heavy atom. The standard InChI is InChI=1S/C19H23NO3/c1-4-13-22-16-11-9-15(10-12-16)20-19(21)17-7-5-6-8-18(17)23-14(2)3/h5-12,14H,4,13H2,1-3H3,(H,20,21). The lowest BCUT2D eigenvalue weighted by Crippen LogP contribution is -2.15. The second kappa shape index (κ2) is 8.22. The van der Waals surface area contributed by atoms with Gasteiger partial charge in [0.15, 0.2) is 0 Å². The van der Waals surface area contributed by atoms with Crippen molar-refractivity contribution in [2.45, 2.75) is 33.3 Å². The van der Waals surface area contributed by atoms with Crippen molar-refractivity contribution in [3.8, 4) is 11.5 Å². The summed E-state index contributed by atoms with van der Waals surface area (Å²) in [4.78, 5) is 12.5. The molecule has 1 amide bonds. The van der Waals surface area contributed by atoms with Crippen LogP contribution in [0.1, 0.15) is 37.6 Å². The zero-order chi connectivity index (χ0) is 16.7. The molecule has 1 N–H and O–H groups in total. The number of carbonyl (C=O) groups is 1. The van der Waals surface area contributed by atoms with Crippen LogP contribution in [0, 0.1) is 0 Å². The minimum absolute atomic E-state index is 0.0129. The summed E-state index contributed by atoms with van der Waals surface area (Å²) in [6.07, 6.45) is 0.976. The van der Waals surface area contributed by atoms with Crippen LogP contribution in [0.5, 0.6) is 11.5 Å². The first-order valence-corrected chi connectivity index (χ1v) is 7.90. The van der Waals surface area contributed by atoms with Gasteiger partial charge in [0.05, 0.1) is 18.3 Å². The second-order valence-corrected chi connectivity index (χ2v) is 5.49. The minimum atomic E-state index is -0.191.